The van der Waals surface area contributed by atoms with Crippen molar-refractivity contribution >= 4 is 17.2 Å². The van der Waals surface area contributed by atoms with E-state index in [1.807, 2.05) is 19.9 Å². The van der Waals surface area contributed by atoms with Crippen molar-refractivity contribution in [3.8, 4) is 0 Å². The molecule has 148 valence electrons. The molecule has 0 spiro atoms. The van der Waals surface area contributed by atoms with Gasteiger partial charge in [-0.2, -0.15) is 0 Å². The summed E-state index contributed by atoms with van der Waals surface area (Å²) in [5.41, 5.74) is 6.46. The number of ketones is 1. The van der Waals surface area contributed by atoms with Gasteiger partial charge in [0.25, 0.3) is 5.69 Å². The van der Waals surface area contributed by atoms with Crippen molar-refractivity contribution in [3.63, 3.8) is 0 Å². The number of Topliss-reactive ketones (excluding diaryl/α,β-unsaturated/α-hetero) is 1. The number of hydrogen-bond donors (Lipinski definition) is 0. The van der Waals surface area contributed by atoms with Gasteiger partial charge >= 0.3 is 0 Å². The largest absolute Gasteiger partial charge is 0.369 e. The van der Waals surface area contributed by atoms with Gasteiger partial charge in [0, 0.05) is 56.1 Å². The van der Waals surface area contributed by atoms with Gasteiger partial charge in [0.05, 0.1) is 4.92 Å². The number of anilines is 1. The summed E-state index contributed by atoms with van der Waals surface area (Å²) in [5, 5.41) is 11.0. The third kappa shape index (κ3) is 4.07. The minimum Gasteiger partial charge on any atom is -0.369 e. The highest BCUT2D eigenvalue weighted by Gasteiger charge is 2.21. The highest BCUT2D eigenvalue weighted by molar-refractivity contribution is 5.97. The summed E-state index contributed by atoms with van der Waals surface area (Å²) >= 11 is 0. The van der Waals surface area contributed by atoms with Crippen molar-refractivity contribution in [3.05, 3.63) is 68.3 Å². The summed E-state index contributed by atoms with van der Waals surface area (Å²) in [6.07, 6.45) is 0. The van der Waals surface area contributed by atoms with Crippen LogP contribution in [0.5, 0.6) is 0 Å². The summed E-state index contributed by atoms with van der Waals surface area (Å²) in [5.74, 6) is 0.117. The molecule has 2 aromatic rings. The number of nitro benzene ring substituents is 1. The number of piperazine rings is 1. The Hall–Kier alpha value is -2.73. The third-order valence-corrected chi connectivity index (χ3v) is 5.64. The average molecular weight is 381 g/mol. The summed E-state index contributed by atoms with van der Waals surface area (Å²) < 4.78 is 0. The van der Waals surface area contributed by atoms with E-state index in [0.29, 0.717) is 0 Å². The third-order valence-electron chi connectivity index (χ3n) is 5.64. The van der Waals surface area contributed by atoms with Gasteiger partial charge in [-0.25, -0.2) is 0 Å². The molecule has 2 aromatic carbocycles. The van der Waals surface area contributed by atoms with Gasteiger partial charge in [-0.15, -0.1) is 0 Å². The minimum absolute atomic E-state index is 0.117. The van der Waals surface area contributed by atoms with Crippen molar-refractivity contribution in [2.45, 2.75) is 34.2 Å². The molecule has 0 aliphatic carbocycles. The number of aryl methyl sites for hydroxylation is 2. The van der Waals surface area contributed by atoms with E-state index >= 15 is 0 Å². The first kappa shape index (κ1) is 20.0. The summed E-state index contributed by atoms with van der Waals surface area (Å²) in [7, 11) is 0. The van der Waals surface area contributed by atoms with Crippen LogP contribution in [0.25, 0.3) is 0 Å². The number of hydrogen-bond acceptors (Lipinski definition) is 5. The number of nitrogens with zero attached hydrogens (tertiary/aromatic N) is 3. The van der Waals surface area contributed by atoms with E-state index < -0.39 is 0 Å². The fourth-order valence-electron chi connectivity index (χ4n) is 4.20. The van der Waals surface area contributed by atoms with Crippen molar-refractivity contribution in [2.75, 3.05) is 31.1 Å². The molecule has 1 fully saturated rings. The van der Waals surface area contributed by atoms with Crippen LogP contribution in [0.4, 0.5) is 11.4 Å². The first-order chi connectivity index (χ1) is 13.3. The molecule has 1 saturated heterocycles. The fourth-order valence-corrected chi connectivity index (χ4v) is 4.20. The minimum atomic E-state index is -0.352. The molecule has 28 heavy (non-hydrogen) atoms. The van der Waals surface area contributed by atoms with Crippen LogP contribution in [-0.4, -0.2) is 41.8 Å². The SMILES string of the molecule is CC(=O)c1c(C)cc(C)c(CN2CCN(c3cccc([N+](=O)[O-])c3)CC2)c1C. The number of carbonyl (C=O) groups is 1. The lowest BCUT2D eigenvalue weighted by atomic mass is 9.91. The van der Waals surface area contributed by atoms with Gasteiger partial charge in [0.2, 0.25) is 0 Å². The van der Waals surface area contributed by atoms with Gasteiger partial charge in [0.15, 0.2) is 5.78 Å². The highest BCUT2D eigenvalue weighted by atomic mass is 16.6. The Bertz CT molecular complexity index is 915. The zero-order valence-electron chi connectivity index (χ0n) is 17.0. The Morgan fingerprint density at radius 3 is 2.36 bits per heavy atom. The highest BCUT2D eigenvalue weighted by Crippen LogP contribution is 2.26. The number of non-ortho nitro benzene ring substituents is 1. The molecule has 0 aromatic heterocycles. The van der Waals surface area contributed by atoms with E-state index in [2.05, 4.69) is 22.8 Å². The van der Waals surface area contributed by atoms with Crippen molar-refractivity contribution in [2.24, 2.45) is 0 Å². The molecule has 6 heteroatoms. The van der Waals surface area contributed by atoms with Crippen molar-refractivity contribution in [1.29, 1.82) is 0 Å². The number of benzene rings is 2. The molecule has 0 amide bonds. The lowest BCUT2D eigenvalue weighted by molar-refractivity contribution is -0.384. The monoisotopic (exact) mass is 381 g/mol. The van der Waals surface area contributed by atoms with Crippen LogP contribution < -0.4 is 4.90 Å². The molecule has 0 saturated carbocycles. The molecule has 6 nitrogen and oxygen atoms in total. The zero-order chi connectivity index (χ0) is 20.4. The molecular formula is C22H27N3O3. The smallest absolute Gasteiger partial charge is 0.271 e. The molecule has 3 rings (SSSR count). The van der Waals surface area contributed by atoms with Gasteiger partial charge in [-0.1, -0.05) is 12.1 Å². The molecule has 1 heterocycles. The van der Waals surface area contributed by atoms with E-state index in [4.69, 9.17) is 0 Å². The molecular weight excluding hydrogens is 354 g/mol. The molecule has 0 unspecified atom stereocenters. The van der Waals surface area contributed by atoms with Crippen LogP contribution in [0.3, 0.4) is 0 Å². The van der Waals surface area contributed by atoms with Crippen LogP contribution in [0.1, 0.15) is 39.5 Å². The maximum absolute atomic E-state index is 12.0. The number of carbonyl (C=O) groups excluding carboxylic acids is 1. The molecule has 0 N–H and O–H groups in total. The fraction of sp³-hybridized carbons (Fsp3) is 0.409. The van der Waals surface area contributed by atoms with Crippen molar-refractivity contribution < 1.29 is 9.72 Å². The summed E-state index contributed by atoms with van der Waals surface area (Å²) in [6, 6.07) is 8.94. The predicted molar refractivity (Wildman–Crippen MR) is 111 cm³/mol. The molecule has 0 atom stereocenters. The molecule has 1 aliphatic heterocycles. The van der Waals surface area contributed by atoms with Crippen LogP contribution in [-0.2, 0) is 6.54 Å². The Morgan fingerprint density at radius 1 is 1.07 bits per heavy atom. The van der Waals surface area contributed by atoms with Crippen molar-refractivity contribution in [1.82, 2.24) is 4.90 Å². The number of rotatable bonds is 5. The van der Waals surface area contributed by atoms with E-state index in [1.54, 1.807) is 19.1 Å². The topological polar surface area (TPSA) is 66.7 Å². The second-order valence-corrected chi connectivity index (χ2v) is 7.59. The predicted octanol–water partition coefficient (Wildman–Crippen LogP) is 4.04. The van der Waals surface area contributed by atoms with Gasteiger partial charge in [-0.05, 0) is 56.0 Å². The molecule has 0 radical (unpaired) electrons. The maximum atomic E-state index is 12.0. The quantitative estimate of drug-likeness (QED) is 0.444. The lowest BCUT2D eigenvalue weighted by Gasteiger charge is -2.36. The first-order valence-corrected chi connectivity index (χ1v) is 9.60. The Labute approximate surface area is 165 Å². The molecule has 0 bridgehead atoms. The lowest BCUT2D eigenvalue weighted by Crippen LogP contribution is -2.46. The number of nitro groups is 1. The van der Waals surface area contributed by atoms with Crippen LogP contribution in [0.15, 0.2) is 30.3 Å². The van der Waals surface area contributed by atoms with Gasteiger partial charge in [0.1, 0.15) is 0 Å². The van der Waals surface area contributed by atoms with E-state index in [9.17, 15) is 14.9 Å². The van der Waals surface area contributed by atoms with Crippen LogP contribution in [0.2, 0.25) is 0 Å². The summed E-state index contributed by atoms with van der Waals surface area (Å²) in [4.78, 5) is 27.3. The Morgan fingerprint density at radius 2 is 1.75 bits per heavy atom. The Kier molecular flexibility index (Phi) is 5.79. The maximum Gasteiger partial charge on any atom is 0.271 e. The second-order valence-electron chi connectivity index (χ2n) is 7.59. The average Bonchev–Trinajstić information content (AvgIpc) is 2.65. The first-order valence-electron chi connectivity index (χ1n) is 9.60. The zero-order valence-corrected chi connectivity index (χ0v) is 17.0. The standard InChI is InChI=1S/C22H27N3O3/c1-15-12-16(2)22(18(4)26)17(3)21(15)14-23-8-10-24(11-9-23)19-6-5-7-20(13-19)25(27)28/h5-7,12-13H,8-11,14H2,1-4H3. The summed E-state index contributed by atoms with van der Waals surface area (Å²) in [6.45, 7) is 12.0. The normalized spacial score (nSPS) is 14.9. The molecule has 1 aliphatic rings. The van der Waals surface area contributed by atoms with E-state index in [0.717, 1.165) is 55.1 Å². The second kappa shape index (κ2) is 8.10. The van der Waals surface area contributed by atoms with Crippen LogP contribution in [0, 0.1) is 30.9 Å². The van der Waals surface area contributed by atoms with Gasteiger partial charge in [-0.3, -0.25) is 19.8 Å². The van der Waals surface area contributed by atoms with Gasteiger partial charge < -0.3 is 4.90 Å². The van der Waals surface area contributed by atoms with E-state index in [1.165, 1.54) is 17.2 Å². The van der Waals surface area contributed by atoms with Crippen LogP contribution >= 0.6 is 0 Å². The van der Waals surface area contributed by atoms with E-state index in [-0.39, 0.29) is 16.4 Å². The Balaban J connectivity index is 1.71.